The molecule has 1 aromatic heterocycles. The van der Waals surface area contributed by atoms with Crippen molar-refractivity contribution in [1.82, 2.24) is 4.98 Å². The van der Waals surface area contributed by atoms with Crippen molar-refractivity contribution in [3.63, 3.8) is 0 Å². The fraction of sp³-hybridized carbons (Fsp3) is 0.312. The van der Waals surface area contributed by atoms with Gasteiger partial charge in [0.15, 0.2) is 0 Å². The average Bonchev–Trinajstić information content (AvgIpc) is 2.42. The van der Waals surface area contributed by atoms with Crippen LogP contribution >= 0.6 is 0 Å². The number of benzene rings is 1. The molecule has 1 unspecified atom stereocenters. The molecule has 1 aliphatic rings. The van der Waals surface area contributed by atoms with Gasteiger partial charge in [0.05, 0.1) is 30.6 Å². The maximum absolute atomic E-state index is 5.66. The molecule has 3 rings (SSSR count). The first-order chi connectivity index (χ1) is 9.24. The van der Waals surface area contributed by atoms with Crippen molar-refractivity contribution >= 4 is 5.69 Å². The van der Waals surface area contributed by atoms with Crippen LogP contribution in [0.2, 0.25) is 0 Å². The van der Waals surface area contributed by atoms with Crippen molar-refractivity contribution in [1.29, 1.82) is 0 Å². The molecule has 1 atom stereocenters. The maximum Gasteiger partial charge on any atom is 0.0752 e. The summed E-state index contributed by atoms with van der Waals surface area (Å²) in [6, 6.07) is 12.8. The van der Waals surface area contributed by atoms with E-state index in [0.29, 0.717) is 13.2 Å². The third-order valence-electron chi connectivity index (χ3n) is 3.53. The van der Waals surface area contributed by atoms with Gasteiger partial charge in [-0.3, -0.25) is 4.98 Å². The van der Waals surface area contributed by atoms with Crippen LogP contribution in [0.5, 0.6) is 0 Å². The summed E-state index contributed by atoms with van der Waals surface area (Å²) in [5.74, 6) is 0. The Labute approximate surface area is 113 Å². The number of aryl methyl sites for hydroxylation is 2. The highest BCUT2D eigenvalue weighted by molar-refractivity contribution is 5.50. The van der Waals surface area contributed by atoms with Crippen molar-refractivity contribution in [2.75, 3.05) is 11.9 Å². The molecular formula is C16H18N2O. The van der Waals surface area contributed by atoms with Crippen molar-refractivity contribution in [2.24, 2.45) is 0 Å². The SMILES string of the molecule is Cc1ccc(NC2COCc3ccccc32)c(C)n1. The summed E-state index contributed by atoms with van der Waals surface area (Å²) in [5.41, 5.74) is 5.75. The topological polar surface area (TPSA) is 34.1 Å². The van der Waals surface area contributed by atoms with E-state index < -0.39 is 0 Å². The summed E-state index contributed by atoms with van der Waals surface area (Å²) < 4.78 is 5.66. The summed E-state index contributed by atoms with van der Waals surface area (Å²) in [5, 5.41) is 3.55. The van der Waals surface area contributed by atoms with Gasteiger partial charge in [-0.15, -0.1) is 0 Å². The first-order valence-corrected chi connectivity index (χ1v) is 6.60. The third kappa shape index (κ3) is 2.47. The lowest BCUT2D eigenvalue weighted by atomic mass is 9.99. The van der Waals surface area contributed by atoms with Gasteiger partial charge in [0.1, 0.15) is 0 Å². The molecule has 1 N–H and O–H groups in total. The summed E-state index contributed by atoms with van der Waals surface area (Å²) in [4.78, 5) is 4.49. The van der Waals surface area contributed by atoms with Crippen LogP contribution in [0.15, 0.2) is 36.4 Å². The van der Waals surface area contributed by atoms with E-state index in [4.69, 9.17) is 4.74 Å². The van der Waals surface area contributed by atoms with E-state index in [2.05, 4.69) is 40.6 Å². The van der Waals surface area contributed by atoms with Crippen LogP contribution in [0.4, 0.5) is 5.69 Å². The molecule has 0 radical (unpaired) electrons. The summed E-state index contributed by atoms with van der Waals surface area (Å²) in [7, 11) is 0. The van der Waals surface area contributed by atoms with Crippen molar-refractivity contribution in [3.05, 3.63) is 58.9 Å². The largest absolute Gasteiger partial charge is 0.374 e. The molecule has 0 saturated heterocycles. The Kier molecular flexibility index (Phi) is 3.22. The Morgan fingerprint density at radius 1 is 1.16 bits per heavy atom. The van der Waals surface area contributed by atoms with E-state index in [-0.39, 0.29) is 6.04 Å². The summed E-state index contributed by atoms with van der Waals surface area (Å²) in [6.07, 6.45) is 0. The number of nitrogens with zero attached hydrogens (tertiary/aromatic N) is 1. The van der Waals surface area contributed by atoms with Crippen LogP contribution in [0, 0.1) is 13.8 Å². The van der Waals surface area contributed by atoms with Crippen LogP contribution in [0.1, 0.15) is 28.6 Å². The van der Waals surface area contributed by atoms with Crippen LogP contribution in [0.25, 0.3) is 0 Å². The highest BCUT2D eigenvalue weighted by Gasteiger charge is 2.20. The second-order valence-electron chi connectivity index (χ2n) is 5.00. The monoisotopic (exact) mass is 254 g/mol. The Balaban J connectivity index is 1.88. The second-order valence-corrected chi connectivity index (χ2v) is 5.00. The zero-order chi connectivity index (χ0) is 13.2. The van der Waals surface area contributed by atoms with Crippen LogP contribution in [0.3, 0.4) is 0 Å². The predicted molar refractivity (Wildman–Crippen MR) is 76.2 cm³/mol. The Morgan fingerprint density at radius 3 is 2.84 bits per heavy atom. The normalized spacial score (nSPS) is 17.9. The number of anilines is 1. The molecule has 1 aliphatic heterocycles. The lowest BCUT2D eigenvalue weighted by Crippen LogP contribution is -2.23. The lowest BCUT2D eigenvalue weighted by Gasteiger charge is -2.27. The number of fused-ring (bicyclic) bond motifs is 1. The number of rotatable bonds is 2. The molecule has 0 aliphatic carbocycles. The Bertz CT molecular complexity index is 595. The molecule has 2 aromatic rings. The van der Waals surface area contributed by atoms with E-state index in [9.17, 15) is 0 Å². The van der Waals surface area contributed by atoms with Crippen molar-refractivity contribution in [2.45, 2.75) is 26.5 Å². The quantitative estimate of drug-likeness (QED) is 0.892. The molecule has 2 heterocycles. The van der Waals surface area contributed by atoms with Gasteiger partial charge in [0, 0.05) is 5.69 Å². The van der Waals surface area contributed by atoms with Crippen LogP contribution < -0.4 is 5.32 Å². The fourth-order valence-electron chi connectivity index (χ4n) is 2.53. The number of nitrogens with one attached hydrogen (secondary N) is 1. The highest BCUT2D eigenvalue weighted by Crippen LogP contribution is 2.28. The zero-order valence-electron chi connectivity index (χ0n) is 11.3. The van der Waals surface area contributed by atoms with Gasteiger partial charge in [-0.2, -0.15) is 0 Å². The number of hydrogen-bond acceptors (Lipinski definition) is 3. The smallest absolute Gasteiger partial charge is 0.0752 e. The molecule has 1 aromatic carbocycles. The molecule has 0 bridgehead atoms. The third-order valence-corrected chi connectivity index (χ3v) is 3.53. The van der Waals surface area contributed by atoms with E-state index in [1.807, 2.05) is 19.9 Å². The van der Waals surface area contributed by atoms with Crippen molar-refractivity contribution in [3.8, 4) is 0 Å². The molecule has 0 spiro atoms. The molecule has 3 nitrogen and oxygen atoms in total. The number of aromatic nitrogens is 1. The highest BCUT2D eigenvalue weighted by atomic mass is 16.5. The van der Waals surface area contributed by atoms with Gasteiger partial charge in [0.25, 0.3) is 0 Å². The molecule has 0 fully saturated rings. The lowest BCUT2D eigenvalue weighted by molar-refractivity contribution is 0.0970. The molecule has 0 amide bonds. The van der Waals surface area contributed by atoms with Crippen LogP contribution in [-0.4, -0.2) is 11.6 Å². The standard InChI is InChI=1S/C16H18N2O/c1-11-7-8-15(12(2)17-11)18-16-10-19-9-13-5-3-4-6-14(13)16/h3-8,16,18H,9-10H2,1-2H3. The van der Waals surface area contributed by atoms with Gasteiger partial charge in [-0.1, -0.05) is 24.3 Å². The predicted octanol–water partition coefficient (Wildman–Crippen LogP) is 3.38. The molecule has 98 valence electrons. The summed E-state index contributed by atoms with van der Waals surface area (Å²) >= 11 is 0. The fourth-order valence-corrected chi connectivity index (χ4v) is 2.53. The Hall–Kier alpha value is -1.87. The first-order valence-electron chi connectivity index (χ1n) is 6.60. The number of ether oxygens (including phenoxy) is 1. The number of pyridine rings is 1. The average molecular weight is 254 g/mol. The van der Waals surface area contributed by atoms with Gasteiger partial charge in [-0.05, 0) is 37.1 Å². The summed E-state index contributed by atoms with van der Waals surface area (Å²) in [6.45, 7) is 5.45. The van der Waals surface area contributed by atoms with E-state index in [0.717, 1.165) is 17.1 Å². The van der Waals surface area contributed by atoms with E-state index in [1.54, 1.807) is 0 Å². The van der Waals surface area contributed by atoms with E-state index in [1.165, 1.54) is 11.1 Å². The molecule has 0 saturated carbocycles. The van der Waals surface area contributed by atoms with Gasteiger partial charge < -0.3 is 10.1 Å². The molecular weight excluding hydrogens is 236 g/mol. The molecule has 3 heteroatoms. The Morgan fingerprint density at radius 2 is 2.00 bits per heavy atom. The minimum atomic E-state index is 0.202. The minimum Gasteiger partial charge on any atom is -0.374 e. The second kappa shape index (κ2) is 5.02. The maximum atomic E-state index is 5.66. The first kappa shape index (κ1) is 12.2. The number of hydrogen-bond donors (Lipinski definition) is 1. The van der Waals surface area contributed by atoms with Gasteiger partial charge >= 0.3 is 0 Å². The van der Waals surface area contributed by atoms with Crippen molar-refractivity contribution < 1.29 is 4.74 Å². The molecule has 19 heavy (non-hydrogen) atoms. The van der Waals surface area contributed by atoms with Gasteiger partial charge in [-0.25, -0.2) is 0 Å². The van der Waals surface area contributed by atoms with Gasteiger partial charge in [0.2, 0.25) is 0 Å². The van der Waals surface area contributed by atoms with E-state index >= 15 is 0 Å². The zero-order valence-corrected chi connectivity index (χ0v) is 11.3. The minimum absolute atomic E-state index is 0.202. The van der Waals surface area contributed by atoms with Crippen LogP contribution in [-0.2, 0) is 11.3 Å².